The minimum Gasteiger partial charge on any atom is -0.466 e. The maximum absolute atomic E-state index is 12.0. The fraction of sp³-hybridized carbons (Fsp3) is 0.500. The average molecular weight is 315 g/mol. The first-order valence-corrected chi connectivity index (χ1v) is 8.38. The maximum atomic E-state index is 12.0. The summed E-state index contributed by atoms with van der Waals surface area (Å²) in [4.78, 5) is 17.7. The maximum Gasteiger partial charge on any atom is 0.311 e. The zero-order valence-corrected chi connectivity index (χ0v) is 13.6. The molecule has 2 atom stereocenters. The van der Waals surface area contributed by atoms with Gasteiger partial charge < -0.3 is 20.4 Å². The van der Waals surface area contributed by atoms with Crippen molar-refractivity contribution in [2.24, 2.45) is 11.7 Å². The molecule has 124 valence electrons. The molecular formula is C18H25N3O2. The molecule has 5 heteroatoms. The van der Waals surface area contributed by atoms with E-state index < -0.39 is 0 Å². The van der Waals surface area contributed by atoms with Gasteiger partial charge in [0.25, 0.3) is 0 Å². The predicted molar refractivity (Wildman–Crippen MR) is 91.2 cm³/mol. The van der Waals surface area contributed by atoms with Crippen LogP contribution < -0.4 is 5.73 Å². The van der Waals surface area contributed by atoms with Crippen molar-refractivity contribution in [3.63, 3.8) is 0 Å². The summed E-state index contributed by atoms with van der Waals surface area (Å²) in [6.45, 7) is 4.82. The van der Waals surface area contributed by atoms with Gasteiger partial charge in [0.2, 0.25) is 0 Å². The van der Waals surface area contributed by atoms with Gasteiger partial charge in [-0.25, -0.2) is 0 Å². The lowest BCUT2D eigenvalue weighted by Crippen LogP contribution is -2.51. The molecule has 23 heavy (non-hydrogen) atoms. The standard InChI is InChI=1S/C18H25N3O2/c1-2-23-18(22)15-12-21(10-8-16(15)19)9-7-13-11-20-17-6-4-3-5-14(13)17/h3-6,11,15-16,20H,2,7-10,12,19H2,1H3/t15-,16-/m1/s1. The number of aromatic amines is 1. The lowest BCUT2D eigenvalue weighted by molar-refractivity contribution is -0.150. The highest BCUT2D eigenvalue weighted by Crippen LogP contribution is 2.21. The molecule has 2 heterocycles. The number of nitrogens with one attached hydrogen (secondary N) is 1. The summed E-state index contributed by atoms with van der Waals surface area (Å²) in [5.41, 5.74) is 8.60. The molecule has 3 N–H and O–H groups in total. The first-order chi connectivity index (χ1) is 11.2. The summed E-state index contributed by atoms with van der Waals surface area (Å²) in [5.74, 6) is -0.358. The van der Waals surface area contributed by atoms with Crippen LogP contribution in [0.3, 0.4) is 0 Å². The molecule has 1 aliphatic rings. The number of carbonyl (C=O) groups excluding carboxylic acids is 1. The highest BCUT2D eigenvalue weighted by molar-refractivity contribution is 5.83. The lowest BCUT2D eigenvalue weighted by atomic mass is 9.92. The number of carbonyl (C=O) groups is 1. The summed E-state index contributed by atoms with van der Waals surface area (Å²) in [6, 6.07) is 8.26. The normalized spacial score (nSPS) is 22.3. The van der Waals surface area contributed by atoms with Crippen LogP contribution in [0, 0.1) is 5.92 Å². The minimum absolute atomic E-state index is 0.0848. The number of ether oxygens (including phenoxy) is 1. The van der Waals surface area contributed by atoms with Crippen molar-refractivity contribution in [3.05, 3.63) is 36.0 Å². The zero-order valence-electron chi connectivity index (χ0n) is 13.6. The van der Waals surface area contributed by atoms with Crippen molar-refractivity contribution in [1.29, 1.82) is 0 Å². The molecule has 0 amide bonds. The number of piperidine rings is 1. The number of nitrogens with zero attached hydrogens (tertiary/aromatic N) is 1. The first-order valence-electron chi connectivity index (χ1n) is 8.38. The summed E-state index contributed by atoms with van der Waals surface area (Å²) < 4.78 is 5.16. The van der Waals surface area contributed by atoms with E-state index in [2.05, 4.69) is 34.3 Å². The molecule has 1 aromatic heterocycles. The Kier molecular flexibility index (Phi) is 4.98. The van der Waals surface area contributed by atoms with Gasteiger partial charge in [-0.15, -0.1) is 0 Å². The summed E-state index contributed by atoms with van der Waals surface area (Å²) in [6.07, 6.45) is 3.90. The van der Waals surface area contributed by atoms with Gasteiger partial charge in [0.1, 0.15) is 0 Å². The number of hydrogen-bond donors (Lipinski definition) is 2. The Morgan fingerprint density at radius 3 is 3.09 bits per heavy atom. The van der Waals surface area contributed by atoms with Crippen LogP contribution in [-0.4, -0.2) is 48.1 Å². The Hall–Kier alpha value is -1.85. The Bertz CT molecular complexity index is 667. The first kappa shape index (κ1) is 16.0. The van der Waals surface area contributed by atoms with Crippen LogP contribution in [0.4, 0.5) is 0 Å². The average Bonchev–Trinajstić information content (AvgIpc) is 2.97. The topological polar surface area (TPSA) is 71.3 Å². The third-order valence-corrected chi connectivity index (χ3v) is 4.71. The van der Waals surface area contributed by atoms with Crippen molar-refractivity contribution >= 4 is 16.9 Å². The fourth-order valence-corrected chi connectivity index (χ4v) is 3.36. The van der Waals surface area contributed by atoms with Gasteiger partial charge in [0, 0.05) is 36.2 Å². The van der Waals surface area contributed by atoms with Crippen molar-refractivity contribution in [1.82, 2.24) is 9.88 Å². The van der Waals surface area contributed by atoms with Gasteiger partial charge in [0.15, 0.2) is 0 Å². The van der Waals surface area contributed by atoms with E-state index in [0.29, 0.717) is 13.2 Å². The summed E-state index contributed by atoms with van der Waals surface area (Å²) in [5, 5.41) is 1.28. The Morgan fingerprint density at radius 1 is 1.43 bits per heavy atom. The molecule has 1 aromatic carbocycles. The molecule has 0 radical (unpaired) electrons. The summed E-state index contributed by atoms with van der Waals surface area (Å²) >= 11 is 0. The number of para-hydroxylation sites is 1. The van der Waals surface area contributed by atoms with Crippen LogP contribution in [0.25, 0.3) is 10.9 Å². The van der Waals surface area contributed by atoms with E-state index in [4.69, 9.17) is 10.5 Å². The minimum atomic E-state index is -0.202. The van der Waals surface area contributed by atoms with Gasteiger partial charge in [-0.1, -0.05) is 18.2 Å². The zero-order chi connectivity index (χ0) is 16.2. The predicted octanol–water partition coefficient (Wildman–Crippen LogP) is 1.92. The van der Waals surface area contributed by atoms with E-state index in [9.17, 15) is 4.79 Å². The van der Waals surface area contributed by atoms with Gasteiger partial charge in [-0.3, -0.25) is 4.79 Å². The SMILES string of the molecule is CCOC(=O)[C@@H]1CN(CCc2c[nH]c3ccccc23)CC[C@H]1N. The number of hydrogen-bond acceptors (Lipinski definition) is 4. The molecule has 0 bridgehead atoms. The Labute approximate surface area is 136 Å². The molecule has 1 saturated heterocycles. The quantitative estimate of drug-likeness (QED) is 0.827. The monoisotopic (exact) mass is 315 g/mol. The smallest absolute Gasteiger partial charge is 0.311 e. The molecule has 0 saturated carbocycles. The third-order valence-electron chi connectivity index (χ3n) is 4.71. The van der Waals surface area contributed by atoms with Crippen molar-refractivity contribution in [3.8, 4) is 0 Å². The molecule has 0 unspecified atom stereocenters. The molecule has 1 aliphatic heterocycles. The Balaban J connectivity index is 1.61. The van der Waals surface area contributed by atoms with Crippen molar-refractivity contribution in [2.45, 2.75) is 25.8 Å². The van der Waals surface area contributed by atoms with Crippen LogP contribution in [0.2, 0.25) is 0 Å². The molecule has 3 rings (SSSR count). The van der Waals surface area contributed by atoms with Crippen LogP contribution in [0.5, 0.6) is 0 Å². The third kappa shape index (κ3) is 3.57. The summed E-state index contributed by atoms with van der Waals surface area (Å²) in [7, 11) is 0. The van der Waals surface area contributed by atoms with Crippen LogP contribution in [0.1, 0.15) is 18.9 Å². The van der Waals surface area contributed by atoms with Gasteiger partial charge in [-0.2, -0.15) is 0 Å². The number of H-pyrrole nitrogens is 1. The van der Waals surface area contributed by atoms with Gasteiger partial charge in [-0.05, 0) is 37.9 Å². The molecule has 0 aliphatic carbocycles. The second-order valence-electron chi connectivity index (χ2n) is 6.22. The number of aromatic nitrogens is 1. The second-order valence-corrected chi connectivity index (χ2v) is 6.22. The van der Waals surface area contributed by atoms with Crippen LogP contribution in [-0.2, 0) is 16.0 Å². The number of fused-ring (bicyclic) bond motifs is 1. The number of likely N-dealkylation sites (tertiary alicyclic amines) is 1. The van der Waals surface area contributed by atoms with E-state index in [1.54, 1.807) is 0 Å². The number of benzene rings is 1. The van der Waals surface area contributed by atoms with E-state index in [1.807, 2.05) is 13.0 Å². The molecular weight excluding hydrogens is 290 g/mol. The fourth-order valence-electron chi connectivity index (χ4n) is 3.36. The lowest BCUT2D eigenvalue weighted by Gasteiger charge is -2.35. The van der Waals surface area contributed by atoms with E-state index in [-0.39, 0.29) is 17.9 Å². The van der Waals surface area contributed by atoms with Crippen LogP contribution >= 0.6 is 0 Å². The van der Waals surface area contributed by atoms with Gasteiger partial charge >= 0.3 is 5.97 Å². The molecule has 0 spiro atoms. The number of esters is 1. The van der Waals surface area contributed by atoms with Crippen molar-refractivity contribution < 1.29 is 9.53 Å². The largest absolute Gasteiger partial charge is 0.466 e. The van der Waals surface area contributed by atoms with E-state index in [0.717, 1.165) is 25.9 Å². The van der Waals surface area contributed by atoms with E-state index in [1.165, 1.54) is 16.5 Å². The van der Waals surface area contributed by atoms with Crippen LogP contribution in [0.15, 0.2) is 30.5 Å². The van der Waals surface area contributed by atoms with E-state index >= 15 is 0 Å². The highest BCUT2D eigenvalue weighted by Gasteiger charge is 2.32. The Morgan fingerprint density at radius 2 is 2.26 bits per heavy atom. The van der Waals surface area contributed by atoms with Crippen molar-refractivity contribution in [2.75, 3.05) is 26.2 Å². The molecule has 5 nitrogen and oxygen atoms in total. The molecule has 2 aromatic rings. The number of nitrogens with two attached hydrogens (primary N) is 1. The molecule has 1 fully saturated rings. The van der Waals surface area contributed by atoms with Gasteiger partial charge in [0.05, 0.1) is 12.5 Å². The highest BCUT2D eigenvalue weighted by atomic mass is 16.5. The second kappa shape index (κ2) is 7.15. The number of rotatable bonds is 5.